The van der Waals surface area contributed by atoms with Crippen LogP contribution in [0.15, 0.2) is 48.5 Å². The molecule has 4 aromatic rings. The predicted molar refractivity (Wildman–Crippen MR) is 147 cm³/mol. The fourth-order valence-corrected chi connectivity index (χ4v) is 5.32. The maximum absolute atomic E-state index is 14.2. The standard InChI is InChI=1S/C30H29FN6O4/c31-23-14-20(16-32)4-5-21(23)18-41-28-3-1-2-26(35-28)36-11-8-19(9-12-36)15-27-33-24-6-7-25(30(38)39)34-29(24)37(27)17-22-10-13-40-22/h1-7,14,19,22H,8-13,15,17-18H2,(H,38,39)/t22-/m0/s1. The summed E-state index contributed by atoms with van der Waals surface area (Å²) in [5, 5.41) is 18.4. The van der Waals surface area contributed by atoms with Gasteiger partial charge in [0, 0.05) is 37.7 Å². The summed E-state index contributed by atoms with van der Waals surface area (Å²) in [5.41, 5.74) is 1.93. The number of pyridine rings is 2. The Morgan fingerprint density at radius 1 is 1.12 bits per heavy atom. The van der Waals surface area contributed by atoms with Crippen LogP contribution in [-0.4, -0.2) is 56.4 Å². The highest BCUT2D eigenvalue weighted by atomic mass is 19.1. The van der Waals surface area contributed by atoms with Crippen LogP contribution in [0.1, 0.15) is 46.7 Å². The van der Waals surface area contributed by atoms with Crippen molar-refractivity contribution in [3.05, 3.63) is 77.0 Å². The van der Waals surface area contributed by atoms with Gasteiger partial charge in [0.2, 0.25) is 5.88 Å². The highest BCUT2D eigenvalue weighted by molar-refractivity contribution is 5.88. The molecule has 0 unspecified atom stereocenters. The normalized spacial score (nSPS) is 17.3. The van der Waals surface area contributed by atoms with Crippen molar-refractivity contribution < 1.29 is 23.8 Å². The van der Waals surface area contributed by atoms with E-state index in [-0.39, 0.29) is 24.0 Å². The van der Waals surface area contributed by atoms with Gasteiger partial charge < -0.3 is 24.0 Å². The van der Waals surface area contributed by atoms with Crippen LogP contribution in [0.5, 0.6) is 5.88 Å². The Morgan fingerprint density at radius 3 is 2.66 bits per heavy atom. The van der Waals surface area contributed by atoms with E-state index in [9.17, 15) is 14.3 Å². The van der Waals surface area contributed by atoms with Crippen LogP contribution >= 0.6 is 0 Å². The van der Waals surface area contributed by atoms with Gasteiger partial charge in [0.15, 0.2) is 11.3 Å². The number of aromatic nitrogens is 4. The summed E-state index contributed by atoms with van der Waals surface area (Å²) in [6.07, 6.45) is 3.72. The molecule has 3 aromatic heterocycles. The van der Waals surface area contributed by atoms with E-state index in [4.69, 9.17) is 19.7 Å². The molecule has 10 nitrogen and oxygen atoms in total. The monoisotopic (exact) mass is 556 g/mol. The number of piperidine rings is 1. The van der Waals surface area contributed by atoms with Crippen LogP contribution in [-0.2, 0) is 24.3 Å². The minimum atomic E-state index is -1.06. The predicted octanol–water partition coefficient (Wildman–Crippen LogP) is 4.36. The second-order valence-corrected chi connectivity index (χ2v) is 10.4. The molecule has 0 saturated carbocycles. The minimum Gasteiger partial charge on any atom is -0.477 e. The van der Waals surface area contributed by atoms with Crippen molar-refractivity contribution in [3.8, 4) is 11.9 Å². The number of imidazole rings is 1. The Hall–Kier alpha value is -4.56. The first-order valence-corrected chi connectivity index (χ1v) is 13.7. The van der Waals surface area contributed by atoms with Crippen LogP contribution in [0.2, 0.25) is 0 Å². The Kier molecular flexibility index (Phi) is 7.48. The summed E-state index contributed by atoms with van der Waals surface area (Å²) in [7, 11) is 0. The number of carbonyl (C=O) groups is 1. The molecule has 2 fully saturated rings. The van der Waals surface area contributed by atoms with E-state index in [0.29, 0.717) is 35.1 Å². The number of nitrogens with zero attached hydrogens (tertiary/aromatic N) is 6. The summed E-state index contributed by atoms with van der Waals surface area (Å²) in [6.45, 7) is 3.01. The quantitative estimate of drug-likeness (QED) is 0.320. The molecule has 11 heteroatoms. The number of fused-ring (bicyclic) bond motifs is 1. The molecule has 1 N–H and O–H groups in total. The van der Waals surface area contributed by atoms with Gasteiger partial charge in [0.1, 0.15) is 29.6 Å². The number of benzene rings is 1. The van der Waals surface area contributed by atoms with Crippen molar-refractivity contribution in [2.75, 3.05) is 24.6 Å². The molecule has 1 aromatic carbocycles. The number of anilines is 1. The van der Waals surface area contributed by atoms with Crippen molar-refractivity contribution in [2.24, 2.45) is 5.92 Å². The summed E-state index contributed by atoms with van der Waals surface area (Å²) in [5.74, 6) is 0.996. The summed E-state index contributed by atoms with van der Waals surface area (Å²) >= 11 is 0. The molecule has 41 heavy (non-hydrogen) atoms. The Morgan fingerprint density at radius 2 is 1.95 bits per heavy atom. The van der Waals surface area contributed by atoms with Crippen molar-refractivity contribution in [3.63, 3.8) is 0 Å². The number of aromatic carboxylic acids is 1. The van der Waals surface area contributed by atoms with Crippen molar-refractivity contribution in [1.82, 2.24) is 19.5 Å². The van der Waals surface area contributed by atoms with Gasteiger partial charge >= 0.3 is 5.97 Å². The van der Waals surface area contributed by atoms with Gasteiger partial charge in [-0.3, -0.25) is 0 Å². The molecule has 0 amide bonds. The van der Waals surface area contributed by atoms with E-state index in [2.05, 4.69) is 14.9 Å². The second kappa shape index (κ2) is 11.5. The summed E-state index contributed by atoms with van der Waals surface area (Å²) in [6, 6.07) is 15.0. The zero-order valence-corrected chi connectivity index (χ0v) is 22.4. The van der Waals surface area contributed by atoms with E-state index in [1.54, 1.807) is 24.3 Å². The van der Waals surface area contributed by atoms with Gasteiger partial charge in [-0.2, -0.15) is 10.2 Å². The molecule has 1 atom stereocenters. The first kappa shape index (κ1) is 26.7. The maximum Gasteiger partial charge on any atom is 0.354 e. The third kappa shape index (κ3) is 5.83. The second-order valence-electron chi connectivity index (χ2n) is 10.4. The largest absolute Gasteiger partial charge is 0.477 e. The van der Waals surface area contributed by atoms with Crippen molar-refractivity contribution in [2.45, 2.75) is 44.9 Å². The molecule has 0 aliphatic carbocycles. The lowest BCUT2D eigenvalue weighted by atomic mass is 9.93. The Bertz CT molecular complexity index is 1620. The van der Waals surface area contributed by atoms with Gasteiger partial charge in [-0.1, -0.05) is 12.1 Å². The van der Waals surface area contributed by atoms with Gasteiger partial charge in [-0.25, -0.2) is 19.2 Å². The van der Waals surface area contributed by atoms with Crippen LogP contribution < -0.4 is 9.64 Å². The number of carboxylic acids is 1. The van der Waals surface area contributed by atoms with E-state index >= 15 is 0 Å². The van der Waals surface area contributed by atoms with Gasteiger partial charge in [-0.15, -0.1) is 0 Å². The summed E-state index contributed by atoms with van der Waals surface area (Å²) < 4.78 is 27.7. The molecule has 5 heterocycles. The fourth-order valence-electron chi connectivity index (χ4n) is 5.32. The lowest BCUT2D eigenvalue weighted by Gasteiger charge is -2.33. The molecular weight excluding hydrogens is 527 g/mol. The van der Waals surface area contributed by atoms with Crippen molar-refractivity contribution >= 4 is 23.0 Å². The summed E-state index contributed by atoms with van der Waals surface area (Å²) in [4.78, 5) is 27.6. The number of ether oxygens (including phenoxy) is 2. The zero-order valence-electron chi connectivity index (χ0n) is 22.4. The van der Waals surface area contributed by atoms with Gasteiger partial charge in [0.25, 0.3) is 0 Å². The number of hydrogen-bond donors (Lipinski definition) is 1. The Labute approximate surface area is 236 Å². The SMILES string of the molecule is N#Cc1ccc(COc2cccc(N3CCC(Cc4nc5ccc(C(=O)O)nc5n4C[C@@H]4CCO4)CC3)n2)c(F)c1. The van der Waals surface area contributed by atoms with Crippen LogP contribution in [0.3, 0.4) is 0 Å². The number of rotatable bonds is 9. The third-order valence-electron chi connectivity index (χ3n) is 7.75. The lowest BCUT2D eigenvalue weighted by Crippen LogP contribution is -2.35. The van der Waals surface area contributed by atoms with Gasteiger partial charge in [0.05, 0.1) is 24.3 Å². The molecule has 0 radical (unpaired) electrons. The minimum absolute atomic E-state index is 0.00813. The molecule has 6 rings (SSSR count). The highest BCUT2D eigenvalue weighted by Gasteiger charge is 2.26. The van der Waals surface area contributed by atoms with Gasteiger partial charge in [-0.05, 0) is 55.5 Å². The molecule has 0 spiro atoms. The third-order valence-corrected chi connectivity index (χ3v) is 7.75. The van der Waals surface area contributed by atoms with Crippen molar-refractivity contribution in [1.29, 1.82) is 5.26 Å². The molecule has 2 aliphatic heterocycles. The number of hydrogen-bond acceptors (Lipinski definition) is 8. The first-order chi connectivity index (χ1) is 20.0. The fraction of sp³-hybridized carbons (Fsp3) is 0.367. The van der Waals surface area contributed by atoms with E-state index < -0.39 is 11.8 Å². The Balaban J connectivity index is 1.10. The molecular formula is C30H29FN6O4. The zero-order chi connectivity index (χ0) is 28.3. The topological polar surface area (TPSA) is 126 Å². The average molecular weight is 557 g/mol. The highest BCUT2D eigenvalue weighted by Crippen LogP contribution is 2.28. The first-order valence-electron chi connectivity index (χ1n) is 13.7. The molecule has 2 saturated heterocycles. The molecule has 210 valence electrons. The van der Waals surface area contributed by atoms with E-state index in [0.717, 1.165) is 57.0 Å². The molecule has 0 bridgehead atoms. The maximum atomic E-state index is 14.2. The lowest BCUT2D eigenvalue weighted by molar-refractivity contribution is -0.0591. The van der Waals surface area contributed by atoms with E-state index in [1.807, 2.05) is 22.8 Å². The number of halogens is 1. The van der Waals surface area contributed by atoms with Crippen LogP contribution in [0.25, 0.3) is 11.2 Å². The molecule has 2 aliphatic rings. The van der Waals surface area contributed by atoms with Crippen LogP contribution in [0.4, 0.5) is 10.2 Å². The van der Waals surface area contributed by atoms with E-state index in [1.165, 1.54) is 12.1 Å². The van der Waals surface area contributed by atoms with Crippen LogP contribution in [0, 0.1) is 23.1 Å². The smallest absolute Gasteiger partial charge is 0.354 e. The average Bonchev–Trinajstić information content (AvgIpc) is 3.30. The number of nitriles is 1. The number of carboxylic acid groups (broad SMARTS) is 1.